The Morgan fingerprint density at radius 3 is 2.67 bits per heavy atom. The molecule has 2 aliphatic heterocycles. The molecule has 1 atom stereocenters. The minimum absolute atomic E-state index is 0.0106. The number of ether oxygens (including phenoxy) is 1. The molecular formula is C26H23F2N3O4S. The maximum atomic E-state index is 15.2. The van der Waals surface area contributed by atoms with E-state index < -0.39 is 40.3 Å². The number of aryl methyl sites for hydroxylation is 1. The van der Waals surface area contributed by atoms with Gasteiger partial charge in [0.1, 0.15) is 19.3 Å². The molecule has 0 saturated heterocycles. The highest BCUT2D eigenvalue weighted by atomic mass is 32.1. The molecule has 0 unspecified atom stereocenters. The predicted molar refractivity (Wildman–Crippen MR) is 130 cm³/mol. The average Bonchev–Trinajstić information content (AvgIpc) is 3.24. The topological polar surface area (TPSA) is 75.0 Å². The van der Waals surface area contributed by atoms with E-state index in [-0.39, 0.29) is 24.7 Å². The summed E-state index contributed by atoms with van der Waals surface area (Å²) in [5.41, 5.74) is -0.174. The van der Waals surface area contributed by atoms with Gasteiger partial charge in [0.2, 0.25) is 11.2 Å². The number of pyridine rings is 1. The molecule has 7 nitrogen and oxygen atoms in total. The molecule has 10 heteroatoms. The minimum Gasteiger partial charge on any atom is -0.502 e. The molecule has 1 aromatic carbocycles. The summed E-state index contributed by atoms with van der Waals surface area (Å²) in [7, 11) is 0. The standard InChI is InChI=1S/C26H23F2N3O4S/c1-15-7-13-36-24(15)20-16-4-5-17(27)19(28)23(16)35-12-3-10-26(8-2-9-26)29-14-31(20)30-11-6-18(32)22(33)21(30)25(29)34/h3-7,10-11,13,20,33H,2,8-9,12,14H2,1H3/b10-3+/t20-/m0/s1. The summed E-state index contributed by atoms with van der Waals surface area (Å²) in [4.78, 5) is 28.7. The van der Waals surface area contributed by atoms with Crippen LogP contribution in [0.5, 0.6) is 11.5 Å². The summed E-state index contributed by atoms with van der Waals surface area (Å²) in [5.74, 6) is -3.43. The molecule has 3 aromatic rings. The van der Waals surface area contributed by atoms with E-state index in [0.717, 1.165) is 22.9 Å². The minimum atomic E-state index is -1.09. The third-order valence-corrected chi connectivity index (χ3v) is 8.47. The van der Waals surface area contributed by atoms with Gasteiger partial charge in [-0.15, -0.1) is 11.3 Å². The zero-order chi connectivity index (χ0) is 25.2. The van der Waals surface area contributed by atoms with Crippen LogP contribution < -0.4 is 15.2 Å². The van der Waals surface area contributed by atoms with E-state index >= 15 is 4.39 Å². The molecule has 2 aromatic heterocycles. The van der Waals surface area contributed by atoms with Gasteiger partial charge in [-0.1, -0.05) is 6.08 Å². The maximum Gasteiger partial charge on any atom is 0.278 e. The molecule has 6 rings (SSSR count). The number of hydrogen-bond acceptors (Lipinski definition) is 6. The number of halogens is 2. The lowest BCUT2D eigenvalue weighted by Crippen LogP contribution is -2.64. The number of hydrogen-bond donors (Lipinski definition) is 1. The molecule has 186 valence electrons. The summed E-state index contributed by atoms with van der Waals surface area (Å²) in [6, 6.07) is 4.96. The molecule has 3 aliphatic rings. The van der Waals surface area contributed by atoms with Gasteiger partial charge in [-0.05, 0) is 61.4 Å². The summed E-state index contributed by atoms with van der Waals surface area (Å²) in [6.45, 7) is 2.01. The normalized spacial score (nSPS) is 21.2. The Kier molecular flexibility index (Phi) is 5.18. The lowest BCUT2D eigenvalue weighted by molar-refractivity contribution is 0.0256. The molecule has 1 amide bonds. The van der Waals surface area contributed by atoms with Gasteiger partial charge in [-0.2, -0.15) is 4.39 Å². The van der Waals surface area contributed by atoms with Crippen molar-refractivity contribution >= 4 is 17.2 Å². The van der Waals surface area contributed by atoms with Crippen molar-refractivity contribution in [3.63, 3.8) is 0 Å². The fourth-order valence-electron chi connectivity index (χ4n) is 5.36. The van der Waals surface area contributed by atoms with Crippen molar-refractivity contribution in [2.45, 2.75) is 37.8 Å². The van der Waals surface area contributed by atoms with Gasteiger partial charge < -0.3 is 14.7 Å². The number of rotatable bonds is 1. The summed E-state index contributed by atoms with van der Waals surface area (Å²) < 4.78 is 36.8. The van der Waals surface area contributed by atoms with Crippen LogP contribution in [-0.2, 0) is 0 Å². The third kappa shape index (κ3) is 3.20. The number of carbonyl (C=O) groups is 1. The number of thiophene rings is 1. The van der Waals surface area contributed by atoms with Crippen LogP contribution in [0.3, 0.4) is 0 Å². The fourth-order valence-corrected chi connectivity index (χ4v) is 6.41. The maximum absolute atomic E-state index is 15.2. The Labute approximate surface area is 209 Å². The van der Waals surface area contributed by atoms with Gasteiger partial charge >= 0.3 is 0 Å². The second-order valence-corrected chi connectivity index (χ2v) is 10.3. The highest BCUT2D eigenvalue weighted by Gasteiger charge is 2.49. The molecule has 36 heavy (non-hydrogen) atoms. The van der Waals surface area contributed by atoms with E-state index in [0.29, 0.717) is 18.4 Å². The van der Waals surface area contributed by atoms with Crippen LogP contribution >= 0.6 is 11.3 Å². The zero-order valence-corrected chi connectivity index (χ0v) is 20.2. The largest absolute Gasteiger partial charge is 0.502 e. The van der Waals surface area contributed by atoms with Crippen molar-refractivity contribution in [2.75, 3.05) is 18.3 Å². The van der Waals surface area contributed by atoms with E-state index in [4.69, 9.17) is 4.74 Å². The molecule has 1 fully saturated rings. The van der Waals surface area contributed by atoms with Crippen LogP contribution in [-0.4, -0.2) is 39.4 Å². The van der Waals surface area contributed by atoms with Crippen molar-refractivity contribution < 1.29 is 23.4 Å². The van der Waals surface area contributed by atoms with Crippen LogP contribution in [0.4, 0.5) is 8.78 Å². The van der Waals surface area contributed by atoms with Crippen molar-refractivity contribution in [3.05, 3.63) is 91.6 Å². The third-order valence-electron chi connectivity index (χ3n) is 7.40. The number of benzene rings is 1. The van der Waals surface area contributed by atoms with Crippen LogP contribution in [0.25, 0.3) is 0 Å². The van der Waals surface area contributed by atoms with E-state index in [1.165, 1.54) is 34.3 Å². The number of aromatic nitrogens is 1. The van der Waals surface area contributed by atoms with Gasteiger partial charge in [-0.3, -0.25) is 19.3 Å². The van der Waals surface area contributed by atoms with Crippen LogP contribution in [0.1, 0.15) is 51.8 Å². The lowest BCUT2D eigenvalue weighted by Gasteiger charge is -2.53. The first kappa shape index (κ1) is 22.8. The summed E-state index contributed by atoms with van der Waals surface area (Å²) in [6.07, 6.45) is 7.31. The molecule has 4 heterocycles. The molecule has 1 spiro atoms. The summed E-state index contributed by atoms with van der Waals surface area (Å²) >= 11 is 1.44. The fraction of sp³-hybridized carbons (Fsp3) is 0.308. The van der Waals surface area contributed by atoms with Gasteiger partial charge in [-0.25, -0.2) is 4.39 Å². The van der Waals surface area contributed by atoms with Gasteiger partial charge in [0.15, 0.2) is 23.0 Å². The number of carbonyl (C=O) groups excluding carboxylic acids is 1. The van der Waals surface area contributed by atoms with Crippen LogP contribution in [0.2, 0.25) is 0 Å². The van der Waals surface area contributed by atoms with E-state index in [1.54, 1.807) is 16.0 Å². The Balaban J connectivity index is 1.68. The number of nitrogens with zero attached hydrogens (tertiary/aromatic N) is 3. The highest BCUT2D eigenvalue weighted by molar-refractivity contribution is 7.10. The smallest absolute Gasteiger partial charge is 0.278 e. The van der Waals surface area contributed by atoms with Crippen molar-refractivity contribution in [3.8, 4) is 11.5 Å². The first-order chi connectivity index (χ1) is 17.3. The molecule has 2 bridgehead atoms. The predicted octanol–water partition coefficient (Wildman–Crippen LogP) is 4.21. The van der Waals surface area contributed by atoms with Gasteiger partial charge in [0.25, 0.3) is 5.91 Å². The Morgan fingerprint density at radius 2 is 1.97 bits per heavy atom. The van der Waals surface area contributed by atoms with Crippen molar-refractivity contribution in [1.82, 2.24) is 9.58 Å². The van der Waals surface area contributed by atoms with E-state index in [9.17, 15) is 19.1 Å². The molecular weight excluding hydrogens is 488 g/mol. The first-order valence-electron chi connectivity index (χ1n) is 11.7. The van der Waals surface area contributed by atoms with Gasteiger partial charge in [0, 0.05) is 22.7 Å². The Bertz CT molecular complexity index is 1480. The first-order valence-corrected chi connectivity index (χ1v) is 12.6. The van der Waals surface area contributed by atoms with Crippen LogP contribution in [0.15, 0.2) is 52.8 Å². The van der Waals surface area contributed by atoms with Gasteiger partial charge in [0.05, 0.1) is 5.54 Å². The Hall–Kier alpha value is -3.66. The van der Waals surface area contributed by atoms with Crippen molar-refractivity contribution in [1.29, 1.82) is 0 Å². The Morgan fingerprint density at radius 1 is 1.17 bits per heavy atom. The summed E-state index contributed by atoms with van der Waals surface area (Å²) in [5, 5.41) is 14.5. The average molecular weight is 512 g/mol. The van der Waals surface area contributed by atoms with Crippen molar-refractivity contribution in [2.24, 2.45) is 0 Å². The highest BCUT2D eigenvalue weighted by Crippen LogP contribution is 2.46. The van der Waals surface area contributed by atoms with Crippen LogP contribution in [0, 0.1) is 18.6 Å². The quantitative estimate of drug-likeness (QED) is 0.496. The number of amides is 1. The second kappa shape index (κ2) is 8.19. The molecule has 1 N–H and O–H groups in total. The lowest BCUT2D eigenvalue weighted by atomic mass is 9.74. The zero-order valence-electron chi connectivity index (χ0n) is 19.4. The van der Waals surface area contributed by atoms with E-state index in [1.807, 2.05) is 24.4 Å². The number of aromatic hydroxyl groups is 1. The number of fused-ring (bicyclic) bond motifs is 6. The van der Waals surface area contributed by atoms with E-state index in [2.05, 4.69) is 0 Å². The molecule has 1 saturated carbocycles. The molecule has 1 aliphatic carbocycles. The monoisotopic (exact) mass is 511 g/mol. The second-order valence-electron chi connectivity index (χ2n) is 9.36. The molecule has 0 radical (unpaired) electrons. The SMILES string of the molecule is Cc1ccsc1[C@@H]1c2ccc(F)c(F)c2OC/C=C/C2(CCC2)N2CN1n1ccc(=O)c(O)c1C2=O.